The summed E-state index contributed by atoms with van der Waals surface area (Å²) in [5.41, 5.74) is -0.504. The van der Waals surface area contributed by atoms with Gasteiger partial charge in [0.25, 0.3) is 0 Å². The molecule has 0 radical (unpaired) electrons. The Morgan fingerprint density at radius 2 is 1.41 bits per heavy atom. The summed E-state index contributed by atoms with van der Waals surface area (Å²) in [7, 11) is 0. The van der Waals surface area contributed by atoms with Crippen LogP contribution in [-0.4, -0.2) is 11.4 Å². The molecule has 124 valence electrons. The van der Waals surface area contributed by atoms with Crippen molar-refractivity contribution in [2.45, 2.75) is 64.6 Å². The van der Waals surface area contributed by atoms with Crippen LogP contribution in [0.15, 0.2) is 24.3 Å². The van der Waals surface area contributed by atoms with Gasteiger partial charge in [-0.15, -0.1) is 0 Å². The minimum absolute atomic E-state index is 0.0486. The first kappa shape index (κ1) is 18.5. The molecule has 0 aromatic heterocycles. The van der Waals surface area contributed by atoms with Gasteiger partial charge in [-0.3, -0.25) is 4.79 Å². The fraction of sp³-hybridized carbons (Fsp3) is 0.588. The van der Waals surface area contributed by atoms with E-state index in [-0.39, 0.29) is 16.9 Å². The Labute approximate surface area is 130 Å². The number of amides is 1. The number of hydrogen-bond donors (Lipinski definition) is 1. The zero-order valence-electron chi connectivity index (χ0n) is 13.8. The highest BCUT2D eigenvalue weighted by molar-refractivity contribution is 5.76. The summed E-state index contributed by atoms with van der Waals surface area (Å²) in [5.74, 6) is -0.0486. The lowest BCUT2D eigenvalue weighted by Gasteiger charge is -2.27. The predicted octanol–water partition coefficient (Wildman–Crippen LogP) is 4.68. The summed E-state index contributed by atoms with van der Waals surface area (Å²) in [6.07, 6.45) is -3.42. The normalized spacial score (nSPS) is 13.1. The first-order valence-electron chi connectivity index (χ1n) is 7.30. The fourth-order valence-corrected chi connectivity index (χ4v) is 2.16. The molecule has 1 N–H and O–H groups in total. The van der Waals surface area contributed by atoms with E-state index in [1.807, 2.05) is 34.6 Å². The number of benzene rings is 1. The van der Waals surface area contributed by atoms with Gasteiger partial charge in [0, 0.05) is 12.0 Å². The standard InChI is InChI=1S/C17H24F3NO/c1-15(2,3)21-14(22)10-11-16(4,5)12-6-8-13(9-7-12)17(18,19)20/h6-9H,10-11H2,1-5H3,(H,21,22). The van der Waals surface area contributed by atoms with Crippen molar-refractivity contribution >= 4 is 5.91 Å². The average Bonchev–Trinajstić information content (AvgIpc) is 2.34. The molecular weight excluding hydrogens is 291 g/mol. The van der Waals surface area contributed by atoms with Gasteiger partial charge in [0.15, 0.2) is 0 Å². The summed E-state index contributed by atoms with van der Waals surface area (Å²) in [4.78, 5) is 11.9. The topological polar surface area (TPSA) is 29.1 Å². The quantitative estimate of drug-likeness (QED) is 0.859. The molecule has 0 bridgehead atoms. The van der Waals surface area contributed by atoms with Crippen LogP contribution in [0.2, 0.25) is 0 Å². The number of carbonyl (C=O) groups excluding carboxylic acids is 1. The Hall–Kier alpha value is -1.52. The summed E-state index contributed by atoms with van der Waals surface area (Å²) in [6, 6.07) is 5.16. The van der Waals surface area contributed by atoms with Crippen molar-refractivity contribution in [1.82, 2.24) is 5.32 Å². The molecule has 1 amide bonds. The monoisotopic (exact) mass is 315 g/mol. The van der Waals surface area contributed by atoms with E-state index in [0.717, 1.165) is 17.7 Å². The molecule has 0 aliphatic heterocycles. The maximum absolute atomic E-state index is 12.6. The van der Waals surface area contributed by atoms with Gasteiger partial charge >= 0.3 is 6.18 Å². The number of carbonyl (C=O) groups is 1. The van der Waals surface area contributed by atoms with Crippen LogP contribution in [-0.2, 0) is 16.4 Å². The van der Waals surface area contributed by atoms with Crippen molar-refractivity contribution in [2.24, 2.45) is 0 Å². The first-order valence-corrected chi connectivity index (χ1v) is 7.30. The molecule has 0 fully saturated rings. The van der Waals surface area contributed by atoms with E-state index >= 15 is 0 Å². The lowest BCUT2D eigenvalue weighted by molar-refractivity contribution is -0.137. The highest BCUT2D eigenvalue weighted by Gasteiger charge is 2.31. The molecule has 0 aliphatic rings. The van der Waals surface area contributed by atoms with E-state index in [0.29, 0.717) is 12.8 Å². The summed E-state index contributed by atoms with van der Waals surface area (Å²) in [6.45, 7) is 9.59. The van der Waals surface area contributed by atoms with Crippen LogP contribution in [0.25, 0.3) is 0 Å². The van der Waals surface area contributed by atoms with Gasteiger partial charge in [-0.05, 0) is 50.3 Å². The highest BCUT2D eigenvalue weighted by Crippen LogP contribution is 2.33. The van der Waals surface area contributed by atoms with E-state index in [1.165, 1.54) is 12.1 Å². The van der Waals surface area contributed by atoms with Crippen LogP contribution in [0.3, 0.4) is 0 Å². The van der Waals surface area contributed by atoms with Gasteiger partial charge in [-0.1, -0.05) is 26.0 Å². The molecule has 0 spiro atoms. The molecule has 1 rings (SSSR count). The molecule has 1 aromatic rings. The molecule has 0 heterocycles. The maximum Gasteiger partial charge on any atom is 0.416 e. The van der Waals surface area contributed by atoms with Gasteiger partial charge < -0.3 is 5.32 Å². The smallest absolute Gasteiger partial charge is 0.352 e. The van der Waals surface area contributed by atoms with Gasteiger partial charge in [0.1, 0.15) is 0 Å². The number of alkyl halides is 3. The largest absolute Gasteiger partial charge is 0.416 e. The second-order valence-corrected chi connectivity index (χ2v) is 7.26. The van der Waals surface area contributed by atoms with Crippen LogP contribution < -0.4 is 5.32 Å². The van der Waals surface area contributed by atoms with E-state index in [2.05, 4.69) is 5.32 Å². The summed E-state index contributed by atoms with van der Waals surface area (Å²) < 4.78 is 37.7. The maximum atomic E-state index is 12.6. The van der Waals surface area contributed by atoms with Gasteiger partial charge in [0.05, 0.1) is 5.56 Å². The molecular formula is C17H24F3NO. The number of nitrogens with one attached hydrogen (secondary N) is 1. The predicted molar refractivity (Wildman–Crippen MR) is 81.6 cm³/mol. The van der Waals surface area contributed by atoms with Crippen molar-refractivity contribution < 1.29 is 18.0 Å². The SMILES string of the molecule is CC(C)(C)NC(=O)CCC(C)(C)c1ccc(C(F)(F)F)cc1. The van der Waals surface area contributed by atoms with Crippen molar-refractivity contribution in [3.05, 3.63) is 35.4 Å². The van der Waals surface area contributed by atoms with E-state index in [4.69, 9.17) is 0 Å². The van der Waals surface area contributed by atoms with Crippen LogP contribution in [0, 0.1) is 0 Å². The van der Waals surface area contributed by atoms with Crippen LogP contribution in [0.5, 0.6) is 0 Å². The Bertz CT molecular complexity index is 510. The number of rotatable bonds is 4. The van der Waals surface area contributed by atoms with E-state index in [1.54, 1.807) is 0 Å². The van der Waals surface area contributed by atoms with E-state index < -0.39 is 11.7 Å². The second kappa shape index (κ2) is 6.31. The molecule has 2 nitrogen and oxygen atoms in total. The van der Waals surface area contributed by atoms with Gasteiger partial charge in [-0.2, -0.15) is 13.2 Å². The minimum Gasteiger partial charge on any atom is -0.352 e. The summed E-state index contributed by atoms with van der Waals surface area (Å²) >= 11 is 0. The fourth-order valence-electron chi connectivity index (χ4n) is 2.16. The molecule has 22 heavy (non-hydrogen) atoms. The molecule has 0 aliphatic carbocycles. The number of halogens is 3. The Balaban J connectivity index is 2.72. The molecule has 0 saturated carbocycles. The van der Waals surface area contributed by atoms with Crippen molar-refractivity contribution in [3.63, 3.8) is 0 Å². The molecule has 0 saturated heterocycles. The molecule has 0 atom stereocenters. The van der Waals surface area contributed by atoms with Crippen molar-refractivity contribution in [2.75, 3.05) is 0 Å². The number of hydrogen-bond acceptors (Lipinski definition) is 1. The average molecular weight is 315 g/mol. The third-order valence-electron chi connectivity index (χ3n) is 3.49. The second-order valence-electron chi connectivity index (χ2n) is 7.26. The zero-order valence-corrected chi connectivity index (χ0v) is 13.8. The Morgan fingerprint density at radius 1 is 0.955 bits per heavy atom. The van der Waals surface area contributed by atoms with E-state index in [9.17, 15) is 18.0 Å². The molecule has 0 unspecified atom stereocenters. The minimum atomic E-state index is -4.32. The Kier molecular flexibility index (Phi) is 5.31. The highest BCUT2D eigenvalue weighted by atomic mass is 19.4. The molecule has 5 heteroatoms. The lowest BCUT2D eigenvalue weighted by Crippen LogP contribution is -2.41. The zero-order chi connectivity index (χ0) is 17.2. The van der Waals surface area contributed by atoms with Crippen LogP contribution in [0.4, 0.5) is 13.2 Å². The van der Waals surface area contributed by atoms with Gasteiger partial charge in [-0.25, -0.2) is 0 Å². The van der Waals surface area contributed by atoms with Gasteiger partial charge in [0.2, 0.25) is 5.91 Å². The third kappa shape index (κ3) is 5.70. The first-order chi connectivity index (χ1) is 9.81. The van der Waals surface area contributed by atoms with Crippen molar-refractivity contribution in [3.8, 4) is 0 Å². The molecule has 1 aromatic carbocycles. The summed E-state index contributed by atoms with van der Waals surface area (Å²) in [5, 5.41) is 2.88. The van der Waals surface area contributed by atoms with Crippen LogP contribution in [0.1, 0.15) is 58.6 Å². The van der Waals surface area contributed by atoms with Crippen molar-refractivity contribution in [1.29, 1.82) is 0 Å². The van der Waals surface area contributed by atoms with Crippen LogP contribution >= 0.6 is 0 Å². The third-order valence-corrected chi connectivity index (χ3v) is 3.49. The Morgan fingerprint density at radius 3 is 1.82 bits per heavy atom. The lowest BCUT2D eigenvalue weighted by atomic mass is 9.80.